The van der Waals surface area contributed by atoms with Gasteiger partial charge in [-0.3, -0.25) is 10.1 Å². The van der Waals surface area contributed by atoms with Crippen molar-refractivity contribution in [1.29, 1.82) is 0 Å². The monoisotopic (exact) mass is 380 g/mol. The number of fused-ring (bicyclic) bond motifs is 1. The van der Waals surface area contributed by atoms with E-state index in [2.05, 4.69) is 10.3 Å². The van der Waals surface area contributed by atoms with Crippen LogP contribution in [0.1, 0.15) is 10.4 Å². The van der Waals surface area contributed by atoms with Gasteiger partial charge in [0.05, 0.1) is 14.2 Å². The van der Waals surface area contributed by atoms with Gasteiger partial charge in [0.1, 0.15) is 11.4 Å². The van der Waals surface area contributed by atoms with Gasteiger partial charge in [0.2, 0.25) is 0 Å². The van der Waals surface area contributed by atoms with Crippen molar-refractivity contribution in [1.82, 2.24) is 4.98 Å². The fourth-order valence-corrected chi connectivity index (χ4v) is 3.37. The highest BCUT2D eigenvalue weighted by Crippen LogP contribution is 2.34. The van der Waals surface area contributed by atoms with Gasteiger partial charge in [-0.15, -0.1) is 11.3 Å². The van der Waals surface area contributed by atoms with Gasteiger partial charge in [-0.05, 0) is 36.4 Å². The second kappa shape index (κ2) is 7.13. The third kappa shape index (κ3) is 3.37. The zero-order valence-corrected chi connectivity index (χ0v) is 15.5. The van der Waals surface area contributed by atoms with Gasteiger partial charge in [-0.1, -0.05) is 12.1 Å². The molecule has 4 rings (SSSR count). The second-order valence-electron chi connectivity index (χ2n) is 5.71. The Morgan fingerprint density at radius 1 is 1.11 bits per heavy atom. The highest BCUT2D eigenvalue weighted by molar-refractivity contribution is 7.14. The van der Waals surface area contributed by atoms with Gasteiger partial charge >= 0.3 is 0 Å². The van der Waals surface area contributed by atoms with E-state index in [4.69, 9.17) is 13.9 Å². The molecule has 136 valence electrons. The fraction of sp³-hybridized carbons (Fsp3) is 0.100. The van der Waals surface area contributed by atoms with Gasteiger partial charge in [0.15, 0.2) is 22.2 Å². The summed E-state index contributed by atoms with van der Waals surface area (Å²) in [5, 5.41) is 6.07. The molecule has 0 saturated heterocycles. The van der Waals surface area contributed by atoms with Gasteiger partial charge in [-0.2, -0.15) is 0 Å². The Morgan fingerprint density at radius 3 is 2.67 bits per heavy atom. The van der Waals surface area contributed by atoms with Crippen LogP contribution >= 0.6 is 11.3 Å². The van der Waals surface area contributed by atoms with Gasteiger partial charge < -0.3 is 13.9 Å². The minimum atomic E-state index is -0.232. The van der Waals surface area contributed by atoms with Crippen LogP contribution in [0.15, 0.2) is 58.3 Å². The van der Waals surface area contributed by atoms with Gasteiger partial charge in [0.25, 0.3) is 5.91 Å². The molecule has 2 heterocycles. The minimum Gasteiger partial charge on any atom is -0.497 e. The lowest BCUT2D eigenvalue weighted by molar-refractivity contribution is 0.102. The molecule has 2 aromatic heterocycles. The number of nitrogens with zero attached hydrogens (tertiary/aromatic N) is 1. The molecule has 7 heteroatoms. The Kier molecular flexibility index (Phi) is 4.52. The lowest BCUT2D eigenvalue weighted by Gasteiger charge is -2.03. The Bertz CT molecular complexity index is 1100. The Balaban J connectivity index is 1.55. The van der Waals surface area contributed by atoms with Crippen LogP contribution < -0.4 is 14.8 Å². The maximum absolute atomic E-state index is 12.4. The number of hydrogen-bond donors (Lipinski definition) is 1. The van der Waals surface area contributed by atoms with E-state index in [0.717, 1.165) is 5.39 Å². The largest absolute Gasteiger partial charge is 0.497 e. The summed E-state index contributed by atoms with van der Waals surface area (Å²) in [4.78, 5) is 16.8. The number of aromatic nitrogens is 1. The van der Waals surface area contributed by atoms with E-state index in [-0.39, 0.29) is 5.91 Å². The molecule has 0 atom stereocenters. The summed E-state index contributed by atoms with van der Waals surface area (Å²) < 4.78 is 16.3. The van der Waals surface area contributed by atoms with E-state index < -0.39 is 0 Å². The summed E-state index contributed by atoms with van der Waals surface area (Å²) in [7, 11) is 3.19. The average Bonchev–Trinajstić information content (AvgIpc) is 3.34. The SMILES string of the molecule is COc1ccc(C(=O)Nc2nc(-c3cc4cccc(OC)c4o3)cs2)cc1. The number of thiazole rings is 1. The number of carbonyl (C=O) groups is 1. The molecule has 0 unspecified atom stereocenters. The van der Waals surface area contributed by atoms with Crippen molar-refractivity contribution in [3.8, 4) is 23.0 Å². The predicted molar refractivity (Wildman–Crippen MR) is 105 cm³/mol. The van der Waals surface area contributed by atoms with Crippen molar-refractivity contribution in [3.05, 3.63) is 59.5 Å². The zero-order valence-electron chi connectivity index (χ0n) is 14.7. The van der Waals surface area contributed by atoms with Crippen molar-refractivity contribution >= 4 is 33.3 Å². The van der Waals surface area contributed by atoms with Crippen LogP contribution in [0.4, 0.5) is 5.13 Å². The standard InChI is InChI=1S/C20H16N2O4S/c1-24-14-8-6-12(7-9-14)19(23)22-20-21-15(11-27-20)17-10-13-4-3-5-16(25-2)18(13)26-17/h3-11H,1-2H3,(H,21,22,23). The summed E-state index contributed by atoms with van der Waals surface area (Å²) in [6, 6.07) is 14.5. The zero-order chi connectivity index (χ0) is 18.8. The molecule has 4 aromatic rings. The van der Waals surface area contributed by atoms with Crippen LogP contribution in [-0.2, 0) is 0 Å². The molecular weight excluding hydrogens is 364 g/mol. The van der Waals surface area contributed by atoms with Gasteiger partial charge in [-0.25, -0.2) is 4.98 Å². The fourth-order valence-electron chi connectivity index (χ4n) is 2.68. The molecule has 0 fully saturated rings. The first-order valence-electron chi connectivity index (χ1n) is 8.16. The summed E-state index contributed by atoms with van der Waals surface area (Å²) in [5.41, 5.74) is 1.86. The first kappa shape index (κ1) is 17.1. The van der Waals surface area contributed by atoms with E-state index >= 15 is 0 Å². The molecule has 0 aliphatic heterocycles. The van der Waals surface area contributed by atoms with E-state index in [0.29, 0.717) is 39.2 Å². The normalized spacial score (nSPS) is 10.7. The lowest BCUT2D eigenvalue weighted by Crippen LogP contribution is -2.11. The number of carbonyl (C=O) groups excluding carboxylic acids is 1. The first-order valence-corrected chi connectivity index (χ1v) is 9.04. The molecular formula is C20H16N2O4S. The molecule has 6 nitrogen and oxygen atoms in total. The molecule has 27 heavy (non-hydrogen) atoms. The number of nitrogens with one attached hydrogen (secondary N) is 1. The Hall–Kier alpha value is -3.32. The third-order valence-corrected chi connectivity index (χ3v) is 4.81. The number of rotatable bonds is 5. The highest BCUT2D eigenvalue weighted by atomic mass is 32.1. The van der Waals surface area contributed by atoms with Crippen LogP contribution in [-0.4, -0.2) is 25.1 Å². The predicted octanol–water partition coefficient (Wildman–Crippen LogP) is 4.83. The summed E-state index contributed by atoms with van der Waals surface area (Å²) in [6.45, 7) is 0. The number of anilines is 1. The molecule has 0 saturated carbocycles. The molecule has 1 N–H and O–H groups in total. The molecule has 0 aliphatic carbocycles. The Morgan fingerprint density at radius 2 is 1.93 bits per heavy atom. The number of benzene rings is 2. The van der Waals surface area contributed by atoms with Gasteiger partial charge in [0, 0.05) is 16.3 Å². The van der Waals surface area contributed by atoms with E-state index in [9.17, 15) is 4.79 Å². The highest BCUT2D eigenvalue weighted by Gasteiger charge is 2.14. The van der Waals surface area contributed by atoms with E-state index in [1.807, 2.05) is 29.6 Å². The van der Waals surface area contributed by atoms with Crippen molar-refractivity contribution in [3.63, 3.8) is 0 Å². The minimum absolute atomic E-state index is 0.232. The van der Waals surface area contributed by atoms with Crippen molar-refractivity contribution in [2.45, 2.75) is 0 Å². The molecule has 0 spiro atoms. The van der Waals surface area contributed by atoms with Crippen molar-refractivity contribution in [2.24, 2.45) is 0 Å². The maximum Gasteiger partial charge on any atom is 0.257 e. The number of ether oxygens (including phenoxy) is 2. The lowest BCUT2D eigenvalue weighted by atomic mass is 10.2. The van der Waals surface area contributed by atoms with Crippen LogP contribution in [0, 0.1) is 0 Å². The van der Waals surface area contributed by atoms with Crippen molar-refractivity contribution < 1.29 is 18.7 Å². The topological polar surface area (TPSA) is 73.6 Å². The summed E-state index contributed by atoms with van der Waals surface area (Å²) in [5.74, 6) is 1.76. The molecule has 2 aromatic carbocycles. The van der Waals surface area contributed by atoms with E-state index in [1.165, 1.54) is 11.3 Å². The number of para-hydroxylation sites is 1. The van der Waals surface area contributed by atoms with Crippen LogP contribution in [0.25, 0.3) is 22.4 Å². The van der Waals surface area contributed by atoms with Crippen LogP contribution in [0.3, 0.4) is 0 Å². The summed E-state index contributed by atoms with van der Waals surface area (Å²) >= 11 is 1.34. The number of hydrogen-bond acceptors (Lipinski definition) is 6. The first-order chi connectivity index (χ1) is 13.2. The molecule has 0 radical (unpaired) electrons. The van der Waals surface area contributed by atoms with Crippen molar-refractivity contribution in [2.75, 3.05) is 19.5 Å². The second-order valence-corrected chi connectivity index (χ2v) is 6.57. The molecule has 0 aliphatic rings. The molecule has 1 amide bonds. The molecule has 0 bridgehead atoms. The number of furan rings is 1. The van der Waals surface area contributed by atoms with E-state index in [1.54, 1.807) is 38.5 Å². The number of methoxy groups -OCH3 is 2. The number of amides is 1. The summed E-state index contributed by atoms with van der Waals surface area (Å²) in [6.07, 6.45) is 0. The van der Waals surface area contributed by atoms with Crippen LogP contribution in [0.5, 0.6) is 11.5 Å². The quantitative estimate of drug-likeness (QED) is 0.537. The van der Waals surface area contributed by atoms with Crippen LogP contribution in [0.2, 0.25) is 0 Å². The Labute approximate surface area is 159 Å². The third-order valence-electron chi connectivity index (χ3n) is 4.06. The average molecular weight is 380 g/mol. The smallest absolute Gasteiger partial charge is 0.257 e. The maximum atomic E-state index is 12.4.